The Balaban J connectivity index is 1.86. The molecule has 2 aromatic rings. The number of rotatable bonds is 4. The van der Waals surface area contributed by atoms with Crippen molar-refractivity contribution >= 4 is 46.4 Å². The van der Waals surface area contributed by atoms with Crippen molar-refractivity contribution in [1.29, 1.82) is 0 Å². The molecule has 24 heavy (non-hydrogen) atoms. The highest BCUT2D eigenvalue weighted by Crippen LogP contribution is 2.33. The SMILES string of the molecule is COc1ccccc1N1C(=O)C[C@H](Nc2ccc(Cl)cc2Cl)C1=O. The molecule has 5 nitrogen and oxygen atoms in total. The first-order chi connectivity index (χ1) is 11.5. The fourth-order valence-electron chi connectivity index (χ4n) is 2.61. The number of methoxy groups -OCH3 is 1. The molecule has 1 atom stereocenters. The third-order valence-corrected chi connectivity index (χ3v) is 4.28. The standard InChI is InChI=1S/C17H14Cl2N2O3/c1-24-15-5-3-2-4-14(15)21-16(22)9-13(17(21)23)20-12-7-6-10(18)8-11(12)19/h2-8,13,20H,9H2,1H3/t13-/m0/s1. The van der Waals surface area contributed by atoms with Gasteiger partial charge in [0.15, 0.2) is 0 Å². The second kappa shape index (κ2) is 6.71. The average molecular weight is 365 g/mol. The van der Waals surface area contributed by atoms with Gasteiger partial charge in [0.1, 0.15) is 11.8 Å². The molecule has 1 aliphatic heterocycles. The van der Waals surface area contributed by atoms with Crippen LogP contribution in [-0.4, -0.2) is 25.0 Å². The lowest BCUT2D eigenvalue weighted by Crippen LogP contribution is -2.35. The van der Waals surface area contributed by atoms with Crippen LogP contribution in [0.5, 0.6) is 5.75 Å². The maximum atomic E-state index is 12.7. The van der Waals surface area contributed by atoms with Gasteiger partial charge < -0.3 is 10.1 Å². The number of ether oxygens (including phenoxy) is 1. The molecule has 1 N–H and O–H groups in total. The molecule has 0 saturated carbocycles. The van der Waals surface area contributed by atoms with E-state index in [1.54, 1.807) is 42.5 Å². The van der Waals surface area contributed by atoms with Gasteiger partial charge in [-0.05, 0) is 30.3 Å². The number of halogens is 2. The number of nitrogens with one attached hydrogen (secondary N) is 1. The molecule has 0 unspecified atom stereocenters. The van der Waals surface area contributed by atoms with E-state index in [0.29, 0.717) is 27.2 Å². The molecule has 1 fully saturated rings. The molecule has 0 spiro atoms. The van der Waals surface area contributed by atoms with Crippen LogP contribution in [0.25, 0.3) is 0 Å². The van der Waals surface area contributed by atoms with Gasteiger partial charge in [-0.1, -0.05) is 35.3 Å². The predicted octanol–water partition coefficient (Wildman–Crippen LogP) is 3.75. The molecule has 1 heterocycles. The summed E-state index contributed by atoms with van der Waals surface area (Å²) in [6.07, 6.45) is 0.0375. The number of amides is 2. The molecule has 1 aliphatic rings. The van der Waals surface area contributed by atoms with Gasteiger partial charge in [0.05, 0.1) is 29.9 Å². The highest BCUT2D eigenvalue weighted by atomic mass is 35.5. The smallest absolute Gasteiger partial charge is 0.256 e. The Morgan fingerprint density at radius 1 is 1.17 bits per heavy atom. The van der Waals surface area contributed by atoms with E-state index in [9.17, 15) is 9.59 Å². The van der Waals surface area contributed by atoms with Crippen molar-refractivity contribution in [3.8, 4) is 5.75 Å². The number of para-hydroxylation sites is 2. The Hall–Kier alpha value is -2.24. The van der Waals surface area contributed by atoms with Crippen LogP contribution in [0.15, 0.2) is 42.5 Å². The van der Waals surface area contributed by atoms with Crippen molar-refractivity contribution in [3.63, 3.8) is 0 Å². The van der Waals surface area contributed by atoms with Gasteiger partial charge >= 0.3 is 0 Å². The fraction of sp³-hybridized carbons (Fsp3) is 0.176. The summed E-state index contributed by atoms with van der Waals surface area (Å²) in [5.41, 5.74) is 0.982. The number of hydrogen-bond donors (Lipinski definition) is 1. The summed E-state index contributed by atoms with van der Waals surface area (Å²) < 4.78 is 5.24. The van der Waals surface area contributed by atoms with E-state index in [2.05, 4.69) is 5.32 Å². The van der Waals surface area contributed by atoms with Crippen LogP contribution in [0.1, 0.15) is 6.42 Å². The predicted molar refractivity (Wildman–Crippen MR) is 94.0 cm³/mol. The molecule has 1 saturated heterocycles. The van der Waals surface area contributed by atoms with Crippen LogP contribution in [0.4, 0.5) is 11.4 Å². The van der Waals surface area contributed by atoms with Crippen molar-refractivity contribution in [1.82, 2.24) is 0 Å². The first-order valence-corrected chi connectivity index (χ1v) is 7.98. The molecular weight excluding hydrogens is 351 g/mol. The molecule has 0 aromatic heterocycles. The van der Waals surface area contributed by atoms with E-state index in [1.807, 2.05) is 0 Å². The third-order valence-electron chi connectivity index (χ3n) is 3.73. The van der Waals surface area contributed by atoms with Crippen molar-refractivity contribution in [2.45, 2.75) is 12.5 Å². The minimum absolute atomic E-state index is 0.0375. The van der Waals surface area contributed by atoms with Crippen molar-refractivity contribution in [3.05, 3.63) is 52.5 Å². The summed E-state index contributed by atoms with van der Waals surface area (Å²) in [5.74, 6) is -0.188. The van der Waals surface area contributed by atoms with Crippen molar-refractivity contribution < 1.29 is 14.3 Å². The summed E-state index contributed by atoms with van der Waals surface area (Å²) >= 11 is 12.0. The number of hydrogen-bond acceptors (Lipinski definition) is 4. The monoisotopic (exact) mass is 364 g/mol. The zero-order chi connectivity index (χ0) is 17.3. The fourth-order valence-corrected chi connectivity index (χ4v) is 3.07. The Morgan fingerprint density at radius 3 is 2.62 bits per heavy atom. The van der Waals surface area contributed by atoms with E-state index in [0.717, 1.165) is 4.90 Å². The minimum atomic E-state index is -0.693. The summed E-state index contributed by atoms with van der Waals surface area (Å²) in [5, 5.41) is 3.89. The largest absolute Gasteiger partial charge is 0.495 e. The summed E-state index contributed by atoms with van der Waals surface area (Å²) in [7, 11) is 1.49. The molecule has 124 valence electrons. The third kappa shape index (κ3) is 3.05. The normalized spacial score (nSPS) is 17.3. The molecule has 0 bridgehead atoms. The second-order valence-electron chi connectivity index (χ2n) is 5.26. The first kappa shape index (κ1) is 16.6. The zero-order valence-corrected chi connectivity index (χ0v) is 14.3. The summed E-state index contributed by atoms with van der Waals surface area (Å²) in [4.78, 5) is 26.2. The van der Waals surface area contributed by atoms with Crippen LogP contribution in [0.2, 0.25) is 10.0 Å². The van der Waals surface area contributed by atoms with E-state index in [1.165, 1.54) is 7.11 Å². The highest BCUT2D eigenvalue weighted by molar-refractivity contribution is 6.36. The average Bonchev–Trinajstić information content (AvgIpc) is 2.84. The van der Waals surface area contributed by atoms with Gasteiger partial charge in [-0.2, -0.15) is 0 Å². The molecule has 3 rings (SSSR count). The van der Waals surface area contributed by atoms with Gasteiger partial charge in [0, 0.05) is 5.02 Å². The minimum Gasteiger partial charge on any atom is -0.495 e. The quantitative estimate of drug-likeness (QED) is 0.839. The second-order valence-corrected chi connectivity index (χ2v) is 6.11. The number of anilines is 2. The maximum Gasteiger partial charge on any atom is 0.256 e. The lowest BCUT2D eigenvalue weighted by atomic mass is 10.2. The molecule has 7 heteroatoms. The van der Waals surface area contributed by atoms with Crippen molar-refractivity contribution in [2.75, 3.05) is 17.3 Å². The number of benzene rings is 2. The molecule has 0 aliphatic carbocycles. The molecule has 2 aromatic carbocycles. The number of nitrogens with zero attached hydrogens (tertiary/aromatic N) is 1. The van der Waals surface area contributed by atoms with Crippen LogP contribution in [0.3, 0.4) is 0 Å². The maximum absolute atomic E-state index is 12.7. The Bertz CT molecular complexity index is 810. The molecule has 2 amide bonds. The Labute approximate surface area is 149 Å². The van der Waals surface area contributed by atoms with E-state index < -0.39 is 6.04 Å². The van der Waals surface area contributed by atoms with Crippen LogP contribution >= 0.6 is 23.2 Å². The Kier molecular flexibility index (Phi) is 4.64. The Morgan fingerprint density at radius 2 is 1.92 bits per heavy atom. The highest BCUT2D eigenvalue weighted by Gasteiger charge is 2.40. The van der Waals surface area contributed by atoms with Crippen LogP contribution < -0.4 is 15.0 Å². The number of carbonyl (C=O) groups is 2. The van der Waals surface area contributed by atoms with Gasteiger partial charge in [-0.15, -0.1) is 0 Å². The van der Waals surface area contributed by atoms with Gasteiger partial charge in [-0.25, -0.2) is 4.90 Å². The van der Waals surface area contributed by atoms with Gasteiger partial charge in [-0.3, -0.25) is 9.59 Å². The van der Waals surface area contributed by atoms with E-state index in [4.69, 9.17) is 27.9 Å². The lowest BCUT2D eigenvalue weighted by Gasteiger charge is -2.18. The topological polar surface area (TPSA) is 58.6 Å². The van der Waals surface area contributed by atoms with Crippen LogP contribution in [-0.2, 0) is 9.59 Å². The molecule has 0 radical (unpaired) electrons. The summed E-state index contributed by atoms with van der Waals surface area (Å²) in [6.45, 7) is 0. The number of carbonyl (C=O) groups excluding carboxylic acids is 2. The first-order valence-electron chi connectivity index (χ1n) is 7.22. The van der Waals surface area contributed by atoms with Gasteiger partial charge in [0.2, 0.25) is 5.91 Å². The number of imide groups is 1. The summed E-state index contributed by atoms with van der Waals surface area (Å²) in [6, 6.07) is 11.1. The molecular formula is C17H14Cl2N2O3. The van der Waals surface area contributed by atoms with Crippen LogP contribution in [0, 0.1) is 0 Å². The zero-order valence-electron chi connectivity index (χ0n) is 12.8. The van der Waals surface area contributed by atoms with Crippen molar-refractivity contribution in [2.24, 2.45) is 0 Å². The van der Waals surface area contributed by atoms with Gasteiger partial charge in [0.25, 0.3) is 5.91 Å². The van der Waals surface area contributed by atoms with E-state index in [-0.39, 0.29) is 18.2 Å². The van der Waals surface area contributed by atoms with E-state index >= 15 is 0 Å². The lowest BCUT2D eigenvalue weighted by molar-refractivity contribution is -0.121.